The molecule has 0 aliphatic carbocycles. The highest BCUT2D eigenvalue weighted by atomic mass is 35.5. The Bertz CT molecular complexity index is 422. The summed E-state index contributed by atoms with van der Waals surface area (Å²) in [6.07, 6.45) is -0.0350. The van der Waals surface area contributed by atoms with Crippen molar-refractivity contribution in [3.05, 3.63) is 5.28 Å². The van der Waals surface area contributed by atoms with E-state index in [-0.39, 0.29) is 23.5 Å². The van der Waals surface area contributed by atoms with Gasteiger partial charge in [-0.1, -0.05) is 0 Å². The van der Waals surface area contributed by atoms with Gasteiger partial charge in [-0.2, -0.15) is 15.0 Å². The third-order valence-electron chi connectivity index (χ3n) is 2.95. The van der Waals surface area contributed by atoms with Crippen molar-refractivity contribution in [3.63, 3.8) is 0 Å². The number of aromatic nitrogens is 3. The van der Waals surface area contributed by atoms with Crippen LogP contribution >= 0.6 is 11.6 Å². The quantitative estimate of drug-likeness (QED) is 0.793. The Hall–Kier alpha value is -1.18. The third kappa shape index (κ3) is 3.23. The Morgan fingerprint density at radius 1 is 1.16 bits per heavy atom. The van der Waals surface area contributed by atoms with Crippen LogP contribution in [0.2, 0.25) is 5.28 Å². The molecule has 1 fully saturated rings. The number of hydrogen-bond acceptors (Lipinski definition) is 7. The van der Waals surface area contributed by atoms with E-state index in [0.717, 1.165) is 0 Å². The van der Waals surface area contributed by atoms with Crippen molar-refractivity contribution in [2.75, 3.05) is 38.8 Å². The second kappa shape index (κ2) is 6.31. The SMILES string of the molecule is CCOc1nc(Cl)nc(N2CC(OC)C(OC)C2)n1. The zero-order valence-electron chi connectivity index (χ0n) is 11.2. The molecule has 7 nitrogen and oxygen atoms in total. The van der Waals surface area contributed by atoms with Crippen LogP contribution < -0.4 is 9.64 Å². The van der Waals surface area contributed by atoms with Gasteiger partial charge in [0.15, 0.2) is 0 Å². The van der Waals surface area contributed by atoms with E-state index in [1.54, 1.807) is 14.2 Å². The van der Waals surface area contributed by atoms with Gasteiger partial charge in [0.05, 0.1) is 6.61 Å². The lowest BCUT2D eigenvalue weighted by atomic mass is 10.3. The summed E-state index contributed by atoms with van der Waals surface area (Å²) in [6, 6.07) is 0.229. The Balaban J connectivity index is 2.18. The Morgan fingerprint density at radius 2 is 1.79 bits per heavy atom. The highest BCUT2D eigenvalue weighted by Gasteiger charge is 2.34. The minimum Gasteiger partial charge on any atom is -0.464 e. The first kappa shape index (κ1) is 14.2. The van der Waals surface area contributed by atoms with E-state index < -0.39 is 0 Å². The summed E-state index contributed by atoms with van der Waals surface area (Å²) in [5, 5.41) is 0.114. The molecule has 2 heterocycles. The van der Waals surface area contributed by atoms with Gasteiger partial charge in [0.2, 0.25) is 11.2 Å². The average molecular weight is 289 g/mol. The lowest BCUT2D eigenvalue weighted by molar-refractivity contribution is -0.00461. The molecule has 0 bridgehead atoms. The highest BCUT2D eigenvalue weighted by molar-refractivity contribution is 6.28. The maximum Gasteiger partial charge on any atom is 0.322 e. The van der Waals surface area contributed by atoms with E-state index >= 15 is 0 Å². The molecule has 0 amide bonds. The average Bonchev–Trinajstić information content (AvgIpc) is 2.81. The normalized spacial score (nSPS) is 22.8. The molecule has 2 rings (SSSR count). The van der Waals surface area contributed by atoms with Gasteiger partial charge in [-0.15, -0.1) is 0 Å². The predicted molar refractivity (Wildman–Crippen MR) is 69.8 cm³/mol. The molecule has 2 unspecified atom stereocenters. The van der Waals surface area contributed by atoms with E-state index in [9.17, 15) is 0 Å². The third-order valence-corrected chi connectivity index (χ3v) is 3.12. The summed E-state index contributed by atoms with van der Waals surface area (Å²) in [7, 11) is 3.32. The zero-order valence-corrected chi connectivity index (χ0v) is 11.9. The van der Waals surface area contributed by atoms with E-state index in [1.165, 1.54) is 0 Å². The minimum atomic E-state index is -0.0175. The molecule has 1 aromatic rings. The van der Waals surface area contributed by atoms with E-state index in [4.69, 9.17) is 25.8 Å². The smallest absolute Gasteiger partial charge is 0.322 e. The molecule has 2 atom stereocenters. The molecule has 1 aliphatic heterocycles. The van der Waals surface area contributed by atoms with Gasteiger partial charge in [-0.3, -0.25) is 0 Å². The van der Waals surface area contributed by atoms with Crippen molar-refractivity contribution in [1.82, 2.24) is 15.0 Å². The topological polar surface area (TPSA) is 69.6 Å². The van der Waals surface area contributed by atoms with Gasteiger partial charge in [0, 0.05) is 27.3 Å². The number of hydrogen-bond donors (Lipinski definition) is 0. The first-order chi connectivity index (χ1) is 9.17. The summed E-state index contributed by atoms with van der Waals surface area (Å²) < 4.78 is 16.0. The van der Waals surface area contributed by atoms with Crippen LogP contribution in [0.25, 0.3) is 0 Å². The van der Waals surface area contributed by atoms with Gasteiger partial charge < -0.3 is 19.1 Å². The molecule has 0 aromatic carbocycles. The zero-order chi connectivity index (χ0) is 13.8. The standard InChI is InChI=1S/C11H17ClN4O3/c1-4-19-11-14-9(12)13-10(15-11)16-5-7(17-2)8(6-16)18-3/h7-8H,4-6H2,1-3H3. The van der Waals surface area contributed by atoms with Gasteiger partial charge in [0.25, 0.3) is 0 Å². The Labute approximate surface area is 116 Å². The number of halogens is 1. The lowest BCUT2D eigenvalue weighted by Gasteiger charge is -2.15. The van der Waals surface area contributed by atoms with Crippen LogP contribution in [0.4, 0.5) is 5.95 Å². The van der Waals surface area contributed by atoms with Crippen LogP contribution in [-0.2, 0) is 9.47 Å². The van der Waals surface area contributed by atoms with Crippen molar-refractivity contribution in [1.29, 1.82) is 0 Å². The van der Waals surface area contributed by atoms with Crippen LogP contribution in [0.5, 0.6) is 6.01 Å². The molecule has 106 valence electrons. The summed E-state index contributed by atoms with van der Waals surface area (Å²) in [5.74, 6) is 0.477. The van der Waals surface area contributed by atoms with Gasteiger partial charge >= 0.3 is 6.01 Å². The van der Waals surface area contributed by atoms with Crippen molar-refractivity contribution in [3.8, 4) is 6.01 Å². The fourth-order valence-corrected chi connectivity index (χ4v) is 2.16. The van der Waals surface area contributed by atoms with E-state index in [2.05, 4.69) is 15.0 Å². The number of rotatable bonds is 5. The van der Waals surface area contributed by atoms with Gasteiger partial charge in [-0.25, -0.2) is 0 Å². The first-order valence-corrected chi connectivity index (χ1v) is 6.40. The molecule has 0 spiro atoms. The number of anilines is 1. The largest absolute Gasteiger partial charge is 0.464 e. The highest BCUT2D eigenvalue weighted by Crippen LogP contribution is 2.22. The predicted octanol–water partition coefficient (Wildman–Crippen LogP) is 0.774. The number of ether oxygens (including phenoxy) is 3. The maximum absolute atomic E-state index is 5.87. The lowest BCUT2D eigenvalue weighted by Crippen LogP contribution is -2.27. The number of nitrogens with zero attached hydrogens (tertiary/aromatic N) is 4. The summed E-state index contributed by atoms with van der Waals surface area (Å²) in [6.45, 7) is 3.61. The summed E-state index contributed by atoms with van der Waals surface area (Å²) in [4.78, 5) is 14.2. The van der Waals surface area contributed by atoms with Crippen LogP contribution in [0, 0.1) is 0 Å². The molecule has 0 radical (unpaired) electrons. The molecular weight excluding hydrogens is 272 g/mol. The van der Waals surface area contributed by atoms with Gasteiger partial charge in [-0.05, 0) is 18.5 Å². The van der Waals surface area contributed by atoms with Gasteiger partial charge in [0.1, 0.15) is 12.2 Å². The minimum absolute atomic E-state index is 0.0175. The van der Waals surface area contributed by atoms with Crippen LogP contribution in [-0.4, -0.2) is 61.1 Å². The van der Waals surface area contributed by atoms with Crippen molar-refractivity contribution >= 4 is 17.5 Å². The van der Waals surface area contributed by atoms with E-state index in [1.807, 2.05) is 11.8 Å². The molecular formula is C11H17ClN4O3. The molecule has 1 saturated heterocycles. The molecule has 8 heteroatoms. The van der Waals surface area contributed by atoms with Crippen molar-refractivity contribution in [2.45, 2.75) is 19.1 Å². The van der Waals surface area contributed by atoms with Crippen molar-refractivity contribution in [2.24, 2.45) is 0 Å². The summed E-state index contributed by atoms with van der Waals surface area (Å²) >= 11 is 5.87. The monoisotopic (exact) mass is 288 g/mol. The van der Waals surface area contributed by atoms with Crippen LogP contribution in [0.3, 0.4) is 0 Å². The molecule has 0 N–H and O–H groups in total. The van der Waals surface area contributed by atoms with Crippen LogP contribution in [0.1, 0.15) is 6.92 Å². The fraction of sp³-hybridized carbons (Fsp3) is 0.727. The maximum atomic E-state index is 5.87. The fourth-order valence-electron chi connectivity index (χ4n) is 2.02. The molecule has 1 aromatic heterocycles. The molecule has 19 heavy (non-hydrogen) atoms. The Kier molecular flexibility index (Phi) is 4.73. The van der Waals surface area contributed by atoms with E-state index in [0.29, 0.717) is 25.6 Å². The molecule has 0 saturated carbocycles. The summed E-state index contributed by atoms with van der Waals surface area (Å²) in [5.41, 5.74) is 0. The van der Waals surface area contributed by atoms with Crippen LogP contribution in [0.15, 0.2) is 0 Å². The Morgan fingerprint density at radius 3 is 2.32 bits per heavy atom. The number of methoxy groups -OCH3 is 2. The first-order valence-electron chi connectivity index (χ1n) is 6.02. The molecule has 1 aliphatic rings. The second-order valence-electron chi connectivity index (χ2n) is 4.07. The second-order valence-corrected chi connectivity index (χ2v) is 4.41. The van der Waals surface area contributed by atoms with Crippen molar-refractivity contribution < 1.29 is 14.2 Å².